The number of ether oxygens (including phenoxy) is 1. The molecule has 21 heavy (non-hydrogen) atoms. The monoisotopic (exact) mass is 285 g/mol. The molecule has 1 aliphatic carbocycles. The van der Waals surface area contributed by atoms with Crippen LogP contribution >= 0.6 is 0 Å². The lowest BCUT2D eigenvalue weighted by Crippen LogP contribution is -2.16. The van der Waals surface area contributed by atoms with Crippen LogP contribution in [0.1, 0.15) is 30.1 Å². The van der Waals surface area contributed by atoms with Crippen LogP contribution in [0.5, 0.6) is 5.88 Å². The molecule has 1 atom stereocenters. The molecule has 6 nitrogen and oxygen atoms in total. The molecule has 0 bridgehead atoms. The molecule has 1 unspecified atom stereocenters. The van der Waals surface area contributed by atoms with Gasteiger partial charge in [-0.05, 0) is 36.5 Å². The molecule has 0 amide bonds. The number of nitro groups is 1. The molecule has 1 aliphatic rings. The average molecular weight is 285 g/mol. The molecule has 2 N–H and O–H groups in total. The van der Waals surface area contributed by atoms with Gasteiger partial charge in [-0.1, -0.05) is 24.3 Å². The smallest absolute Gasteiger partial charge is 0.331 e. The lowest BCUT2D eigenvalue weighted by Gasteiger charge is -2.25. The van der Waals surface area contributed by atoms with Gasteiger partial charge in [-0.2, -0.15) is 4.98 Å². The molecule has 0 saturated carbocycles. The first-order valence-corrected chi connectivity index (χ1v) is 6.80. The molecule has 0 radical (unpaired) electrons. The van der Waals surface area contributed by atoms with Crippen LogP contribution in [-0.2, 0) is 6.42 Å². The Morgan fingerprint density at radius 3 is 2.90 bits per heavy atom. The van der Waals surface area contributed by atoms with E-state index < -0.39 is 4.92 Å². The molecule has 1 aromatic heterocycles. The number of hydrogen-bond donors (Lipinski definition) is 1. The van der Waals surface area contributed by atoms with E-state index in [-0.39, 0.29) is 23.5 Å². The fourth-order valence-electron chi connectivity index (χ4n) is 2.64. The van der Waals surface area contributed by atoms with Gasteiger partial charge in [0.15, 0.2) is 0 Å². The van der Waals surface area contributed by atoms with Crippen LogP contribution in [-0.4, -0.2) is 9.91 Å². The van der Waals surface area contributed by atoms with Crippen LogP contribution in [0.25, 0.3) is 0 Å². The minimum absolute atomic E-state index is 0.0123. The fourth-order valence-corrected chi connectivity index (χ4v) is 2.64. The second-order valence-electron chi connectivity index (χ2n) is 5.02. The van der Waals surface area contributed by atoms with Crippen molar-refractivity contribution in [2.75, 3.05) is 5.73 Å². The summed E-state index contributed by atoms with van der Waals surface area (Å²) < 4.78 is 5.82. The summed E-state index contributed by atoms with van der Waals surface area (Å²) in [6.45, 7) is 0. The topological polar surface area (TPSA) is 91.3 Å². The Morgan fingerprint density at radius 1 is 1.29 bits per heavy atom. The maximum absolute atomic E-state index is 11.1. The van der Waals surface area contributed by atoms with Gasteiger partial charge < -0.3 is 10.5 Å². The Bertz CT molecular complexity index is 688. The Morgan fingerprint density at radius 2 is 2.10 bits per heavy atom. The van der Waals surface area contributed by atoms with Crippen molar-refractivity contribution >= 4 is 11.5 Å². The van der Waals surface area contributed by atoms with Gasteiger partial charge in [0.05, 0.1) is 4.92 Å². The highest BCUT2D eigenvalue weighted by Crippen LogP contribution is 2.36. The zero-order valence-electron chi connectivity index (χ0n) is 11.4. The van der Waals surface area contributed by atoms with E-state index in [9.17, 15) is 10.1 Å². The van der Waals surface area contributed by atoms with E-state index in [1.54, 1.807) is 0 Å². The number of nitrogens with zero attached hydrogens (tertiary/aromatic N) is 2. The standard InChI is InChI=1S/C15H15N3O3/c16-14-9-8-12(18(19)20)15(17-14)21-13-7-3-5-10-4-1-2-6-11(10)13/h1-2,4,6,8-9,13H,3,5,7H2,(H2,16,17). The predicted octanol–water partition coefficient (Wildman–Crippen LogP) is 3.03. The van der Waals surface area contributed by atoms with Gasteiger partial charge in [-0.3, -0.25) is 10.1 Å². The quantitative estimate of drug-likeness (QED) is 0.691. The normalized spacial score (nSPS) is 17.0. The number of rotatable bonds is 3. The molecule has 1 heterocycles. The number of nitrogen functional groups attached to an aromatic ring is 1. The van der Waals surface area contributed by atoms with E-state index in [1.807, 2.05) is 18.2 Å². The molecule has 108 valence electrons. The van der Waals surface area contributed by atoms with Gasteiger partial charge >= 0.3 is 5.69 Å². The van der Waals surface area contributed by atoms with Crippen molar-refractivity contribution in [3.8, 4) is 5.88 Å². The van der Waals surface area contributed by atoms with Crippen molar-refractivity contribution in [1.29, 1.82) is 0 Å². The first-order chi connectivity index (χ1) is 10.1. The largest absolute Gasteiger partial charge is 0.465 e. The number of pyridine rings is 1. The maximum atomic E-state index is 11.1. The van der Waals surface area contributed by atoms with E-state index in [4.69, 9.17) is 10.5 Å². The summed E-state index contributed by atoms with van der Waals surface area (Å²) in [5.74, 6) is 0.196. The summed E-state index contributed by atoms with van der Waals surface area (Å²) in [7, 11) is 0. The van der Waals surface area contributed by atoms with Gasteiger partial charge in [-0.15, -0.1) is 0 Å². The van der Waals surface area contributed by atoms with Crippen molar-refractivity contribution in [2.45, 2.75) is 25.4 Å². The van der Waals surface area contributed by atoms with Gasteiger partial charge in [0.25, 0.3) is 5.88 Å². The van der Waals surface area contributed by atoms with Gasteiger partial charge in [-0.25, -0.2) is 0 Å². The first kappa shape index (κ1) is 13.4. The zero-order valence-corrected chi connectivity index (χ0v) is 11.4. The van der Waals surface area contributed by atoms with Crippen LogP contribution in [0.15, 0.2) is 36.4 Å². The summed E-state index contributed by atoms with van der Waals surface area (Å²) in [6.07, 6.45) is 2.58. The molecular weight excluding hydrogens is 270 g/mol. The molecule has 3 rings (SSSR count). The van der Waals surface area contributed by atoms with E-state index in [0.29, 0.717) is 0 Å². The number of anilines is 1. The van der Waals surface area contributed by atoms with Crippen LogP contribution < -0.4 is 10.5 Å². The minimum atomic E-state index is -0.503. The highest BCUT2D eigenvalue weighted by atomic mass is 16.6. The van der Waals surface area contributed by atoms with Crippen molar-refractivity contribution < 1.29 is 9.66 Å². The maximum Gasteiger partial charge on any atom is 0.331 e. The second kappa shape index (κ2) is 5.40. The third-order valence-corrected chi connectivity index (χ3v) is 3.63. The number of aryl methyl sites for hydroxylation is 1. The van der Waals surface area contributed by atoms with Gasteiger partial charge in [0.2, 0.25) is 0 Å². The predicted molar refractivity (Wildman–Crippen MR) is 78.1 cm³/mol. The third kappa shape index (κ3) is 2.65. The van der Waals surface area contributed by atoms with Crippen LogP contribution in [0.3, 0.4) is 0 Å². The van der Waals surface area contributed by atoms with E-state index in [2.05, 4.69) is 11.1 Å². The van der Waals surface area contributed by atoms with Crippen molar-refractivity contribution in [1.82, 2.24) is 4.98 Å². The summed E-state index contributed by atoms with van der Waals surface area (Å²) in [5, 5.41) is 11.1. The summed E-state index contributed by atoms with van der Waals surface area (Å²) in [5.41, 5.74) is 7.75. The average Bonchev–Trinajstić information content (AvgIpc) is 2.47. The number of benzene rings is 1. The van der Waals surface area contributed by atoms with Crippen LogP contribution in [0, 0.1) is 10.1 Å². The van der Waals surface area contributed by atoms with Crippen molar-refractivity contribution in [3.63, 3.8) is 0 Å². The number of hydrogen-bond acceptors (Lipinski definition) is 5. The highest BCUT2D eigenvalue weighted by molar-refractivity contribution is 5.47. The van der Waals surface area contributed by atoms with E-state index in [1.165, 1.54) is 17.7 Å². The Kier molecular flexibility index (Phi) is 3.43. The lowest BCUT2D eigenvalue weighted by atomic mass is 9.89. The molecule has 1 aromatic carbocycles. The minimum Gasteiger partial charge on any atom is -0.465 e. The SMILES string of the molecule is Nc1ccc([N+](=O)[O-])c(OC2CCCc3ccccc32)n1. The Hall–Kier alpha value is -2.63. The zero-order chi connectivity index (χ0) is 14.8. The highest BCUT2D eigenvalue weighted by Gasteiger charge is 2.25. The van der Waals surface area contributed by atoms with E-state index >= 15 is 0 Å². The molecular formula is C15H15N3O3. The molecule has 0 fully saturated rings. The van der Waals surface area contributed by atoms with Crippen molar-refractivity contribution in [3.05, 3.63) is 57.6 Å². The number of nitrogens with two attached hydrogens (primary N) is 1. The van der Waals surface area contributed by atoms with Crippen LogP contribution in [0.2, 0.25) is 0 Å². The van der Waals surface area contributed by atoms with E-state index in [0.717, 1.165) is 24.8 Å². The summed E-state index contributed by atoms with van der Waals surface area (Å²) in [4.78, 5) is 14.5. The summed E-state index contributed by atoms with van der Waals surface area (Å²) in [6, 6.07) is 10.7. The van der Waals surface area contributed by atoms with Gasteiger partial charge in [0.1, 0.15) is 11.9 Å². The van der Waals surface area contributed by atoms with Crippen LogP contribution in [0.4, 0.5) is 11.5 Å². The molecule has 6 heteroatoms. The summed E-state index contributed by atoms with van der Waals surface area (Å²) >= 11 is 0. The number of fused-ring (bicyclic) bond motifs is 1. The molecule has 0 aliphatic heterocycles. The Balaban J connectivity index is 1.95. The first-order valence-electron chi connectivity index (χ1n) is 6.80. The van der Waals surface area contributed by atoms with Gasteiger partial charge in [0, 0.05) is 6.07 Å². The van der Waals surface area contributed by atoms with Crippen molar-refractivity contribution in [2.24, 2.45) is 0 Å². The molecule has 2 aromatic rings. The Labute approximate surface area is 121 Å². The third-order valence-electron chi connectivity index (χ3n) is 3.63. The molecule has 0 spiro atoms. The second-order valence-corrected chi connectivity index (χ2v) is 5.02. The number of aromatic nitrogens is 1. The fraction of sp³-hybridized carbons (Fsp3) is 0.267. The lowest BCUT2D eigenvalue weighted by molar-refractivity contribution is -0.386. The molecule has 0 saturated heterocycles.